The highest BCUT2D eigenvalue weighted by Gasteiger charge is 2.29. The van der Waals surface area contributed by atoms with Gasteiger partial charge in [0.2, 0.25) is 0 Å². The third kappa shape index (κ3) is 2.09. The van der Waals surface area contributed by atoms with Crippen molar-refractivity contribution in [2.24, 2.45) is 0 Å². The van der Waals surface area contributed by atoms with E-state index in [-0.39, 0.29) is 12.7 Å². The summed E-state index contributed by atoms with van der Waals surface area (Å²) in [6.45, 7) is 1.85. The Kier molecular flexibility index (Phi) is 2.96. The predicted octanol–water partition coefficient (Wildman–Crippen LogP) is 0.0189. The molecular weight excluding hydrogens is 248 g/mol. The fourth-order valence-electron chi connectivity index (χ4n) is 2.40. The van der Waals surface area contributed by atoms with E-state index in [0.717, 1.165) is 12.2 Å². The Hall–Kier alpha value is -1.92. The molecule has 2 aliphatic heterocycles. The number of aliphatic hydroxyl groups is 1. The second-order valence-corrected chi connectivity index (χ2v) is 4.63. The smallest absolute Gasteiger partial charge is 0.296 e. The number of ketones is 1. The summed E-state index contributed by atoms with van der Waals surface area (Å²) in [5, 5.41) is 11.7. The van der Waals surface area contributed by atoms with E-state index in [1.165, 1.54) is 0 Å². The number of ether oxygens (including phenoxy) is 1. The van der Waals surface area contributed by atoms with Crippen molar-refractivity contribution >= 4 is 23.1 Å². The van der Waals surface area contributed by atoms with Gasteiger partial charge in [0.05, 0.1) is 30.6 Å². The van der Waals surface area contributed by atoms with Crippen LogP contribution in [0.15, 0.2) is 18.2 Å². The zero-order valence-electron chi connectivity index (χ0n) is 10.3. The molecule has 0 bridgehead atoms. The van der Waals surface area contributed by atoms with Crippen molar-refractivity contribution in [3.63, 3.8) is 0 Å². The monoisotopic (exact) mass is 262 g/mol. The fourth-order valence-corrected chi connectivity index (χ4v) is 2.40. The molecule has 2 heterocycles. The number of rotatable bonds is 2. The van der Waals surface area contributed by atoms with E-state index in [0.29, 0.717) is 24.4 Å². The van der Waals surface area contributed by atoms with Crippen LogP contribution in [0.2, 0.25) is 0 Å². The maximum absolute atomic E-state index is 11.5. The number of aliphatic hydroxyl groups excluding tert-OH is 1. The van der Waals surface area contributed by atoms with Crippen molar-refractivity contribution in [3.05, 3.63) is 23.8 Å². The molecule has 1 unspecified atom stereocenters. The van der Waals surface area contributed by atoms with E-state index in [2.05, 4.69) is 10.2 Å². The predicted molar refractivity (Wildman–Crippen MR) is 68.4 cm³/mol. The summed E-state index contributed by atoms with van der Waals surface area (Å²) >= 11 is 0. The number of anilines is 2. The summed E-state index contributed by atoms with van der Waals surface area (Å²) in [5.41, 5.74) is 1.88. The maximum Gasteiger partial charge on any atom is 0.296 e. The summed E-state index contributed by atoms with van der Waals surface area (Å²) in [5.74, 6) is -1.07. The van der Waals surface area contributed by atoms with E-state index in [4.69, 9.17) is 9.84 Å². The summed E-state index contributed by atoms with van der Waals surface area (Å²) in [6.07, 6.45) is -0.196. The first-order valence-electron chi connectivity index (χ1n) is 6.16. The number of carbonyl (C=O) groups is 2. The minimum absolute atomic E-state index is 0.0172. The fraction of sp³-hybridized carbons (Fsp3) is 0.385. The van der Waals surface area contributed by atoms with E-state index in [1.807, 2.05) is 6.07 Å². The molecule has 6 nitrogen and oxygen atoms in total. The lowest BCUT2D eigenvalue weighted by molar-refractivity contribution is -0.112. The Balaban J connectivity index is 1.85. The number of carbonyl (C=O) groups excluding carboxylic acids is 2. The van der Waals surface area contributed by atoms with Gasteiger partial charge >= 0.3 is 0 Å². The molecule has 1 fully saturated rings. The van der Waals surface area contributed by atoms with Gasteiger partial charge in [-0.3, -0.25) is 9.59 Å². The van der Waals surface area contributed by atoms with Gasteiger partial charge in [-0.05, 0) is 18.2 Å². The minimum Gasteiger partial charge on any atom is -0.394 e. The largest absolute Gasteiger partial charge is 0.394 e. The van der Waals surface area contributed by atoms with Crippen LogP contribution in [0.3, 0.4) is 0 Å². The molecule has 0 saturated carbocycles. The molecule has 19 heavy (non-hydrogen) atoms. The molecule has 0 radical (unpaired) electrons. The molecule has 0 aliphatic carbocycles. The number of nitrogens with zero attached hydrogens (tertiary/aromatic N) is 1. The molecule has 0 spiro atoms. The molecule has 0 aromatic heterocycles. The highest BCUT2D eigenvalue weighted by molar-refractivity contribution is 6.51. The van der Waals surface area contributed by atoms with Gasteiger partial charge in [0.15, 0.2) is 0 Å². The van der Waals surface area contributed by atoms with Gasteiger partial charge in [0, 0.05) is 18.8 Å². The normalized spacial score (nSPS) is 22.4. The Morgan fingerprint density at radius 1 is 1.42 bits per heavy atom. The number of hydrogen-bond acceptors (Lipinski definition) is 5. The Morgan fingerprint density at radius 3 is 3.05 bits per heavy atom. The average molecular weight is 262 g/mol. The van der Waals surface area contributed by atoms with Gasteiger partial charge in [0.25, 0.3) is 11.7 Å². The SMILES string of the molecule is O=C1Nc2cc(N3CCOC(CO)C3)ccc2C1=O. The second kappa shape index (κ2) is 4.64. The lowest BCUT2D eigenvalue weighted by atomic mass is 10.1. The summed E-state index contributed by atoms with van der Waals surface area (Å²) in [4.78, 5) is 24.9. The molecule has 1 amide bonds. The Labute approximate surface area is 110 Å². The van der Waals surface area contributed by atoms with E-state index < -0.39 is 11.7 Å². The van der Waals surface area contributed by atoms with Crippen molar-refractivity contribution in [2.75, 3.05) is 36.5 Å². The van der Waals surface area contributed by atoms with Crippen LogP contribution in [0.5, 0.6) is 0 Å². The van der Waals surface area contributed by atoms with Gasteiger partial charge in [-0.1, -0.05) is 0 Å². The third-order valence-electron chi connectivity index (χ3n) is 3.41. The van der Waals surface area contributed by atoms with Gasteiger partial charge in [-0.15, -0.1) is 0 Å². The molecule has 1 aromatic carbocycles. The lowest BCUT2D eigenvalue weighted by Gasteiger charge is -2.33. The van der Waals surface area contributed by atoms with Crippen molar-refractivity contribution < 1.29 is 19.4 Å². The first-order chi connectivity index (χ1) is 9.19. The van der Waals surface area contributed by atoms with Crippen LogP contribution in [-0.4, -0.2) is 49.2 Å². The highest BCUT2D eigenvalue weighted by atomic mass is 16.5. The van der Waals surface area contributed by atoms with Crippen molar-refractivity contribution in [3.8, 4) is 0 Å². The number of fused-ring (bicyclic) bond motifs is 1. The number of morpholine rings is 1. The van der Waals surface area contributed by atoms with Crippen LogP contribution in [-0.2, 0) is 9.53 Å². The molecule has 1 atom stereocenters. The number of benzene rings is 1. The van der Waals surface area contributed by atoms with Crippen LogP contribution in [0.4, 0.5) is 11.4 Å². The Bertz CT molecular complexity index is 543. The topological polar surface area (TPSA) is 78.9 Å². The summed E-state index contributed by atoms with van der Waals surface area (Å²) < 4.78 is 5.39. The summed E-state index contributed by atoms with van der Waals surface area (Å²) in [7, 11) is 0. The molecule has 2 N–H and O–H groups in total. The average Bonchev–Trinajstić information content (AvgIpc) is 2.73. The zero-order chi connectivity index (χ0) is 13.4. The second-order valence-electron chi connectivity index (χ2n) is 4.63. The third-order valence-corrected chi connectivity index (χ3v) is 3.41. The minimum atomic E-state index is -0.581. The number of Topliss-reactive ketones (excluding diaryl/α,β-unsaturated/α-hetero) is 1. The standard InChI is InChI=1S/C13H14N2O4/c16-7-9-6-15(3-4-19-9)8-1-2-10-11(5-8)14-13(18)12(10)17/h1-2,5,9,16H,3-4,6-7H2,(H,14,17,18). The number of nitrogens with one attached hydrogen (secondary N) is 1. The molecule has 1 saturated heterocycles. The van der Waals surface area contributed by atoms with Crippen LogP contribution < -0.4 is 10.2 Å². The van der Waals surface area contributed by atoms with Gasteiger partial charge < -0.3 is 20.1 Å². The molecule has 100 valence electrons. The number of amides is 1. The Morgan fingerprint density at radius 2 is 2.26 bits per heavy atom. The van der Waals surface area contributed by atoms with Crippen molar-refractivity contribution in [1.82, 2.24) is 0 Å². The zero-order valence-corrected chi connectivity index (χ0v) is 10.3. The maximum atomic E-state index is 11.5. The first-order valence-corrected chi connectivity index (χ1v) is 6.16. The van der Waals surface area contributed by atoms with Gasteiger partial charge in [0.1, 0.15) is 0 Å². The molecule has 1 aromatic rings. The molecular formula is C13H14N2O4. The quantitative estimate of drug-likeness (QED) is 0.735. The van der Waals surface area contributed by atoms with Crippen LogP contribution in [0.1, 0.15) is 10.4 Å². The van der Waals surface area contributed by atoms with Crippen LogP contribution in [0, 0.1) is 0 Å². The van der Waals surface area contributed by atoms with E-state index in [9.17, 15) is 9.59 Å². The summed E-state index contributed by atoms with van der Waals surface area (Å²) in [6, 6.07) is 5.27. The number of hydrogen-bond donors (Lipinski definition) is 2. The van der Waals surface area contributed by atoms with Crippen molar-refractivity contribution in [2.45, 2.75) is 6.10 Å². The van der Waals surface area contributed by atoms with Crippen molar-refractivity contribution in [1.29, 1.82) is 0 Å². The van der Waals surface area contributed by atoms with Gasteiger partial charge in [-0.25, -0.2) is 0 Å². The molecule has 2 aliphatic rings. The first kappa shape index (κ1) is 12.1. The highest BCUT2D eigenvalue weighted by Crippen LogP contribution is 2.29. The van der Waals surface area contributed by atoms with Crippen LogP contribution in [0.25, 0.3) is 0 Å². The van der Waals surface area contributed by atoms with Crippen LogP contribution >= 0.6 is 0 Å². The van der Waals surface area contributed by atoms with Gasteiger partial charge in [-0.2, -0.15) is 0 Å². The van der Waals surface area contributed by atoms with E-state index >= 15 is 0 Å². The molecule has 6 heteroatoms. The molecule has 3 rings (SSSR count). The lowest BCUT2D eigenvalue weighted by Crippen LogP contribution is -2.44. The van der Waals surface area contributed by atoms with E-state index in [1.54, 1.807) is 12.1 Å².